The molecule has 1 aromatic rings. The van der Waals surface area contributed by atoms with E-state index in [9.17, 15) is 9.90 Å². The first-order chi connectivity index (χ1) is 13.4. The summed E-state index contributed by atoms with van der Waals surface area (Å²) in [6, 6.07) is 4.20. The van der Waals surface area contributed by atoms with Crippen molar-refractivity contribution in [3.63, 3.8) is 0 Å². The maximum atomic E-state index is 12.4. The highest BCUT2D eigenvalue weighted by atomic mass is 16.6. The number of pyridine rings is 1. The maximum absolute atomic E-state index is 12.4. The van der Waals surface area contributed by atoms with E-state index in [-0.39, 0.29) is 23.9 Å². The molecule has 152 valence electrons. The van der Waals surface area contributed by atoms with Crippen LogP contribution in [0, 0.1) is 23.7 Å². The van der Waals surface area contributed by atoms with E-state index in [0.29, 0.717) is 12.3 Å². The molecular formula is C23H32N2O3. The number of ether oxygens (including phenoxy) is 1. The molecule has 0 bridgehead atoms. The van der Waals surface area contributed by atoms with Gasteiger partial charge in [0.05, 0.1) is 17.6 Å². The minimum absolute atomic E-state index is 0.0975. The first kappa shape index (κ1) is 19.4. The molecule has 0 aromatic carbocycles. The number of anilines is 1. The maximum Gasteiger partial charge on any atom is 0.338 e. The summed E-state index contributed by atoms with van der Waals surface area (Å²) in [5.74, 6) is 0.144. The first-order valence-corrected chi connectivity index (χ1v) is 10.8. The number of esters is 1. The number of aromatic nitrogens is 1. The predicted molar refractivity (Wildman–Crippen MR) is 110 cm³/mol. The summed E-state index contributed by atoms with van der Waals surface area (Å²) in [4.78, 5) is 19.4. The van der Waals surface area contributed by atoms with Gasteiger partial charge in [-0.1, -0.05) is 26.3 Å². The van der Waals surface area contributed by atoms with E-state index in [2.05, 4.69) is 48.0 Å². The third-order valence-electron chi connectivity index (χ3n) is 7.18. The number of hydrogen-bond donors (Lipinski definition) is 1. The fraction of sp³-hybridized carbons (Fsp3) is 0.652. The Morgan fingerprint density at radius 3 is 2.71 bits per heavy atom. The summed E-state index contributed by atoms with van der Waals surface area (Å²) in [5.41, 5.74) is 0.745. The van der Waals surface area contributed by atoms with E-state index in [4.69, 9.17) is 4.74 Å². The van der Waals surface area contributed by atoms with Crippen LogP contribution in [-0.4, -0.2) is 40.9 Å². The third kappa shape index (κ3) is 3.24. The van der Waals surface area contributed by atoms with Crippen LogP contribution in [0.15, 0.2) is 24.4 Å². The quantitative estimate of drug-likeness (QED) is 0.803. The molecule has 5 unspecified atom stereocenters. The van der Waals surface area contributed by atoms with Crippen molar-refractivity contribution in [2.45, 2.75) is 58.2 Å². The third-order valence-corrected chi connectivity index (χ3v) is 7.18. The number of allylic oxidation sites excluding steroid dienone is 1. The van der Waals surface area contributed by atoms with Crippen molar-refractivity contribution in [3.05, 3.63) is 30.1 Å². The van der Waals surface area contributed by atoms with Gasteiger partial charge in [0.15, 0.2) is 5.60 Å². The highest BCUT2D eigenvalue weighted by Crippen LogP contribution is 2.52. The minimum Gasteiger partial charge on any atom is -0.460 e. The van der Waals surface area contributed by atoms with Crippen molar-refractivity contribution in [3.8, 4) is 0 Å². The first-order valence-electron chi connectivity index (χ1n) is 10.8. The molecule has 2 saturated heterocycles. The standard InChI is InChI=1S/C23H32N2O3/c1-4-19-15(2)13-23(27)21(16(3)28-22(23)26)20(19)10-8-17-7-9-18(14-24-17)25-11-5-6-12-25/h7-10,14-16,19-21,27H,4-6,11-13H2,1-3H3/b10-8+/t15?,16-,19?,20?,21?,23?/m1/s1. The Morgan fingerprint density at radius 1 is 1.32 bits per heavy atom. The van der Waals surface area contributed by atoms with Crippen molar-refractivity contribution in [2.75, 3.05) is 18.0 Å². The molecule has 1 aliphatic carbocycles. The van der Waals surface area contributed by atoms with Crippen molar-refractivity contribution >= 4 is 17.7 Å². The van der Waals surface area contributed by atoms with Gasteiger partial charge in [-0.15, -0.1) is 0 Å². The predicted octanol–water partition coefficient (Wildman–Crippen LogP) is 3.67. The lowest BCUT2D eigenvalue weighted by molar-refractivity contribution is -0.160. The van der Waals surface area contributed by atoms with E-state index in [1.54, 1.807) is 0 Å². The smallest absolute Gasteiger partial charge is 0.338 e. The van der Waals surface area contributed by atoms with E-state index in [0.717, 1.165) is 25.2 Å². The number of hydrogen-bond acceptors (Lipinski definition) is 5. The van der Waals surface area contributed by atoms with Crippen molar-refractivity contribution < 1.29 is 14.6 Å². The van der Waals surface area contributed by atoms with Crippen LogP contribution in [0.3, 0.4) is 0 Å². The normalized spacial score (nSPS) is 38.1. The van der Waals surface area contributed by atoms with E-state index in [1.165, 1.54) is 18.5 Å². The molecule has 0 spiro atoms. The van der Waals surface area contributed by atoms with Gasteiger partial charge in [-0.05, 0) is 62.1 Å². The molecule has 28 heavy (non-hydrogen) atoms. The highest BCUT2D eigenvalue weighted by molar-refractivity contribution is 5.82. The van der Waals surface area contributed by atoms with Gasteiger partial charge in [0.25, 0.3) is 0 Å². The number of fused-ring (bicyclic) bond motifs is 1. The van der Waals surface area contributed by atoms with Crippen LogP contribution in [-0.2, 0) is 9.53 Å². The number of rotatable bonds is 4. The Morgan fingerprint density at radius 2 is 2.07 bits per heavy atom. The zero-order valence-corrected chi connectivity index (χ0v) is 17.2. The molecule has 5 heteroatoms. The van der Waals surface area contributed by atoms with Crippen molar-refractivity contribution in [2.24, 2.45) is 23.7 Å². The molecule has 0 amide bonds. The Hall–Kier alpha value is -1.88. The molecule has 2 aliphatic heterocycles. The van der Waals surface area contributed by atoms with Crippen LogP contribution in [0.4, 0.5) is 5.69 Å². The fourth-order valence-corrected chi connectivity index (χ4v) is 5.81. The van der Waals surface area contributed by atoms with Gasteiger partial charge in [0, 0.05) is 19.0 Å². The van der Waals surface area contributed by atoms with Crippen LogP contribution in [0.1, 0.15) is 52.1 Å². The van der Waals surface area contributed by atoms with E-state index in [1.807, 2.05) is 13.1 Å². The largest absolute Gasteiger partial charge is 0.460 e. The molecule has 4 rings (SSSR count). The monoisotopic (exact) mass is 384 g/mol. The number of aliphatic hydroxyl groups is 1. The second kappa shape index (κ2) is 7.51. The molecule has 5 nitrogen and oxygen atoms in total. The van der Waals surface area contributed by atoms with Gasteiger partial charge in [-0.25, -0.2) is 4.79 Å². The number of cyclic esters (lactones) is 1. The van der Waals surface area contributed by atoms with Gasteiger partial charge < -0.3 is 14.7 Å². The molecule has 3 fully saturated rings. The molecule has 1 saturated carbocycles. The van der Waals surface area contributed by atoms with Crippen LogP contribution in [0.25, 0.3) is 6.08 Å². The topological polar surface area (TPSA) is 62.7 Å². The van der Waals surface area contributed by atoms with Gasteiger partial charge in [0.2, 0.25) is 0 Å². The summed E-state index contributed by atoms with van der Waals surface area (Å²) in [5, 5.41) is 11.1. The lowest BCUT2D eigenvalue weighted by atomic mass is 9.59. The number of nitrogens with zero attached hydrogens (tertiary/aromatic N) is 2. The van der Waals surface area contributed by atoms with Gasteiger partial charge in [-0.3, -0.25) is 4.98 Å². The Labute approximate surface area is 167 Å². The molecule has 0 radical (unpaired) electrons. The summed E-state index contributed by atoms with van der Waals surface area (Å²) in [7, 11) is 0. The number of carbonyl (C=O) groups is 1. The Balaban J connectivity index is 1.57. The molecule has 3 aliphatic rings. The SMILES string of the molecule is CCC1C(C)CC2(O)C(=O)O[C@H](C)C2C1/C=C/c1ccc(N2CCCC2)cn1. The summed E-state index contributed by atoms with van der Waals surface area (Å²) in [6.07, 6.45) is 9.92. The molecule has 1 N–H and O–H groups in total. The lowest BCUT2D eigenvalue weighted by Crippen LogP contribution is -2.53. The fourth-order valence-electron chi connectivity index (χ4n) is 5.81. The van der Waals surface area contributed by atoms with E-state index < -0.39 is 11.6 Å². The van der Waals surface area contributed by atoms with Crippen LogP contribution in [0.5, 0.6) is 0 Å². The molecule has 3 heterocycles. The van der Waals surface area contributed by atoms with Crippen LogP contribution >= 0.6 is 0 Å². The van der Waals surface area contributed by atoms with E-state index >= 15 is 0 Å². The summed E-state index contributed by atoms with van der Waals surface area (Å²) >= 11 is 0. The second-order valence-electron chi connectivity index (χ2n) is 8.89. The average molecular weight is 385 g/mol. The second-order valence-corrected chi connectivity index (χ2v) is 8.89. The Kier molecular flexibility index (Phi) is 5.21. The summed E-state index contributed by atoms with van der Waals surface area (Å²) < 4.78 is 5.46. The average Bonchev–Trinajstić information content (AvgIpc) is 3.27. The van der Waals surface area contributed by atoms with Crippen LogP contribution in [0.2, 0.25) is 0 Å². The van der Waals surface area contributed by atoms with Gasteiger partial charge in [0.1, 0.15) is 6.10 Å². The highest BCUT2D eigenvalue weighted by Gasteiger charge is 2.62. The zero-order valence-electron chi connectivity index (χ0n) is 17.2. The summed E-state index contributed by atoms with van der Waals surface area (Å²) in [6.45, 7) is 8.47. The van der Waals surface area contributed by atoms with Gasteiger partial charge >= 0.3 is 5.97 Å². The number of carbonyl (C=O) groups excluding carboxylic acids is 1. The van der Waals surface area contributed by atoms with Crippen molar-refractivity contribution in [1.82, 2.24) is 4.98 Å². The zero-order chi connectivity index (χ0) is 19.9. The Bertz CT molecular complexity index is 741. The lowest BCUT2D eigenvalue weighted by Gasteiger charge is -2.45. The molecular weight excluding hydrogens is 352 g/mol. The van der Waals surface area contributed by atoms with Crippen molar-refractivity contribution in [1.29, 1.82) is 0 Å². The minimum atomic E-state index is -1.35. The van der Waals surface area contributed by atoms with Crippen LogP contribution < -0.4 is 4.90 Å². The van der Waals surface area contributed by atoms with Gasteiger partial charge in [-0.2, -0.15) is 0 Å². The molecule has 1 aromatic heterocycles. The molecule has 6 atom stereocenters.